The molecule has 1 N–H and O–H groups in total. The lowest BCUT2D eigenvalue weighted by atomic mass is 9.96. The molecule has 2 fully saturated rings. The van der Waals surface area contributed by atoms with Crippen molar-refractivity contribution < 1.29 is 13.5 Å². The van der Waals surface area contributed by atoms with Gasteiger partial charge in [0.05, 0.1) is 5.60 Å². The second-order valence-electron chi connectivity index (χ2n) is 5.90. The standard InChI is InChI=1S/C12H24N2O3S/c1-12(15)8-9-14(10-12)18(16,17)13(2)11-6-4-3-5-7-11/h11,15H,3-10H2,1-2H3. The SMILES string of the molecule is CN(C1CCCCC1)S(=O)(=O)N1CCC(C)(O)C1. The predicted molar refractivity (Wildman–Crippen MR) is 70.4 cm³/mol. The van der Waals surface area contributed by atoms with Gasteiger partial charge >= 0.3 is 0 Å². The fourth-order valence-electron chi connectivity index (χ4n) is 2.92. The summed E-state index contributed by atoms with van der Waals surface area (Å²) in [4.78, 5) is 0. The number of β-amino-alcohol motifs (C(OH)–C–C–N with tert-alkyl or cyclic N) is 1. The lowest BCUT2D eigenvalue weighted by Gasteiger charge is -2.33. The fraction of sp³-hybridized carbons (Fsp3) is 1.00. The molecule has 106 valence electrons. The van der Waals surface area contributed by atoms with Crippen molar-refractivity contribution in [3.8, 4) is 0 Å². The van der Waals surface area contributed by atoms with E-state index in [0.29, 0.717) is 13.0 Å². The van der Waals surface area contributed by atoms with Gasteiger partial charge in [0.15, 0.2) is 0 Å². The predicted octanol–water partition coefficient (Wildman–Crippen LogP) is 0.952. The highest BCUT2D eigenvalue weighted by atomic mass is 32.2. The summed E-state index contributed by atoms with van der Waals surface area (Å²) in [7, 11) is -1.72. The minimum atomic E-state index is -3.40. The van der Waals surface area contributed by atoms with Crippen LogP contribution in [0.2, 0.25) is 0 Å². The molecule has 0 radical (unpaired) electrons. The van der Waals surface area contributed by atoms with E-state index in [-0.39, 0.29) is 12.6 Å². The number of hydrogen-bond acceptors (Lipinski definition) is 3. The fourth-order valence-corrected chi connectivity index (χ4v) is 4.63. The van der Waals surface area contributed by atoms with Gasteiger partial charge in [0.25, 0.3) is 10.2 Å². The lowest BCUT2D eigenvalue weighted by molar-refractivity contribution is 0.0755. The van der Waals surface area contributed by atoms with E-state index >= 15 is 0 Å². The van der Waals surface area contributed by atoms with Crippen LogP contribution in [0, 0.1) is 0 Å². The maximum atomic E-state index is 12.5. The molecule has 0 amide bonds. The maximum Gasteiger partial charge on any atom is 0.282 e. The Balaban J connectivity index is 2.06. The summed E-state index contributed by atoms with van der Waals surface area (Å²) in [6, 6.07) is 0.134. The zero-order valence-electron chi connectivity index (χ0n) is 11.3. The smallest absolute Gasteiger partial charge is 0.282 e. The highest BCUT2D eigenvalue weighted by Crippen LogP contribution is 2.28. The first-order valence-corrected chi connectivity index (χ1v) is 8.18. The van der Waals surface area contributed by atoms with Gasteiger partial charge in [-0.3, -0.25) is 0 Å². The Hall–Kier alpha value is -0.170. The van der Waals surface area contributed by atoms with Crippen LogP contribution in [-0.4, -0.2) is 53.9 Å². The van der Waals surface area contributed by atoms with Gasteiger partial charge in [-0.05, 0) is 26.2 Å². The maximum absolute atomic E-state index is 12.5. The van der Waals surface area contributed by atoms with E-state index in [9.17, 15) is 13.5 Å². The molecule has 6 heteroatoms. The van der Waals surface area contributed by atoms with Gasteiger partial charge < -0.3 is 5.11 Å². The van der Waals surface area contributed by atoms with E-state index in [4.69, 9.17) is 0 Å². The Labute approximate surface area is 110 Å². The number of nitrogens with zero attached hydrogens (tertiary/aromatic N) is 2. The van der Waals surface area contributed by atoms with Crippen molar-refractivity contribution in [3.05, 3.63) is 0 Å². The van der Waals surface area contributed by atoms with E-state index in [1.807, 2.05) is 0 Å². The van der Waals surface area contributed by atoms with Crippen LogP contribution in [0.5, 0.6) is 0 Å². The van der Waals surface area contributed by atoms with E-state index in [1.165, 1.54) is 15.0 Å². The molecule has 1 heterocycles. The molecule has 5 nitrogen and oxygen atoms in total. The van der Waals surface area contributed by atoms with Gasteiger partial charge in [0.1, 0.15) is 0 Å². The molecule has 0 aromatic heterocycles. The zero-order chi connectivity index (χ0) is 13.4. The number of hydrogen-bond donors (Lipinski definition) is 1. The lowest BCUT2D eigenvalue weighted by Crippen LogP contribution is -2.47. The molecule has 0 aromatic carbocycles. The third-order valence-electron chi connectivity index (χ3n) is 4.20. The van der Waals surface area contributed by atoms with Crippen molar-refractivity contribution in [2.24, 2.45) is 0 Å². The van der Waals surface area contributed by atoms with Crippen LogP contribution in [0.3, 0.4) is 0 Å². The summed E-state index contributed by atoms with van der Waals surface area (Å²) in [6.07, 6.45) is 5.87. The molecule has 1 atom stereocenters. The van der Waals surface area contributed by atoms with Crippen LogP contribution < -0.4 is 0 Å². The Morgan fingerprint density at radius 3 is 2.39 bits per heavy atom. The van der Waals surface area contributed by atoms with Crippen molar-refractivity contribution in [1.29, 1.82) is 0 Å². The van der Waals surface area contributed by atoms with Gasteiger partial charge in [0, 0.05) is 26.2 Å². The van der Waals surface area contributed by atoms with Gasteiger partial charge in [-0.15, -0.1) is 0 Å². The minimum Gasteiger partial charge on any atom is -0.389 e. The topological polar surface area (TPSA) is 60.9 Å². The third kappa shape index (κ3) is 2.87. The average Bonchev–Trinajstić information content (AvgIpc) is 2.70. The Morgan fingerprint density at radius 2 is 1.89 bits per heavy atom. The summed E-state index contributed by atoms with van der Waals surface area (Å²) in [5.41, 5.74) is -0.875. The van der Waals surface area contributed by atoms with Crippen molar-refractivity contribution in [2.45, 2.75) is 57.1 Å². The van der Waals surface area contributed by atoms with Crippen LogP contribution >= 0.6 is 0 Å². The monoisotopic (exact) mass is 276 g/mol. The van der Waals surface area contributed by atoms with Crippen molar-refractivity contribution in [2.75, 3.05) is 20.1 Å². The Kier molecular flexibility index (Phi) is 4.02. The summed E-state index contributed by atoms with van der Waals surface area (Å²) >= 11 is 0. The van der Waals surface area contributed by atoms with E-state index in [0.717, 1.165) is 25.7 Å². The van der Waals surface area contributed by atoms with E-state index in [2.05, 4.69) is 0 Å². The number of aliphatic hydroxyl groups is 1. The summed E-state index contributed by atoms with van der Waals surface area (Å²) in [6.45, 7) is 2.34. The first-order valence-electron chi connectivity index (χ1n) is 6.78. The highest BCUT2D eigenvalue weighted by molar-refractivity contribution is 7.86. The van der Waals surface area contributed by atoms with Crippen molar-refractivity contribution in [1.82, 2.24) is 8.61 Å². The van der Waals surface area contributed by atoms with Crippen LogP contribution in [-0.2, 0) is 10.2 Å². The summed E-state index contributed by atoms with van der Waals surface area (Å²) in [5, 5.41) is 9.90. The normalized spacial score (nSPS) is 32.2. The van der Waals surface area contributed by atoms with Crippen LogP contribution in [0.4, 0.5) is 0 Å². The molecule has 2 rings (SSSR count). The molecule has 1 aliphatic heterocycles. The number of rotatable bonds is 3. The second kappa shape index (κ2) is 5.07. The molecule has 1 saturated carbocycles. The molecule has 18 heavy (non-hydrogen) atoms. The summed E-state index contributed by atoms with van der Waals surface area (Å²) < 4.78 is 27.9. The van der Waals surface area contributed by atoms with E-state index in [1.54, 1.807) is 14.0 Å². The first-order chi connectivity index (χ1) is 8.33. The van der Waals surface area contributed by atoms with Gasteiger partial charge in [-0.2, -0.15) is 17.0 Å². The van der Waals surface area contributed by atoms with Crippen LogP contribution in [0.25, 0.3) is 0 Å². The molecule has 0 aromatic rings. The van der Waals surface area contributed by atoms with Crippen molar-refractivity contribution >= 4 is 10.2 Å². The molecule has 0 spiro atoms. The zero-order valence-corrected chi connectivity index (χ0v) is 12.1. The molecule has 1 saturated heterocycles. The molecule has 0 bridgehead atoms. The third-order valence-corrected chi connectivity index (χ3v) is 6.19. The molecular formula is C12H24N2O3S. The molecule has 1 aliphatic carbocycles. The van der Waals surface area contributed by atoms with Gasteiger partial charge in [-0.25, -0.2) is 0 Å². The van der Waals surface area contributed by atoms with Crippen molar-refractivity contribution in [3.63, 3.8) is 0 Å². The molecular weight excluding hydrogens is 252 g/mol. The van der Waals surface area contributed by atoms with Gasteiger partial charge in [-0.1, -0.05) is 19.3 Å². The quantitative estimate of drug-likeness (QED) is 0.835. The second-order valence-corrected chi connectivity index (χ2v) is 7.88. The average molecular weight is 276 g/mol. The molecule has 2 aliphatic rings. The van der Waals surface area contributed by atoms with Gasteiger partial charge in [0.2, 0.25) is 0 Å². The highest BCUT2D eigenvalue weighted by Gasteiger charge is 2.41. The Morgan fingerprint density at radius 1 is 1.28 bits per heavy atom. The van der Waals surface area contributed by atoms with Crippen LogP contribution in [0.1, 0.15) is 45.4 Å². The van der Waals surface area contributed by atoms with E-state index < -0.39 is 15.8 Å². The largest absolute Gasteiger partial charge is 0.389 e. The Bertz CT molecular complexity index is 388. The van der Waals surface area contributed by atoms with Crippen LogP contribution in [0.15, 0.2) is 0 Å². The minimum absolute atomic E-state index is 0.134. The first kappa shape index (κ1) is 14.2. The molecule has 1 unspecified atom stereocenters. The summed E-state index contributed by atoms with van der Waals surface area (Å²) in [5.74, 6) is 0.